The van der Waals surface area contributed by atoms with Crippen LogP contribution in [-0.4, -0.2) is 33.9 Å². The second-order valence-electron chi connectivity index (χ2n) is 6.19. The van der Waals surface area contributed by atoms with Crippen LogP contribution in [0.1, 0.15) is 40.3 Å². The first-order valence-electron chi connectivity index (χ1n) is 8.01. The minimum Gasteiger partial charge on any atom is -0.340 e. The van der Waals surface area contributed by atoms with Gasteiger partial charge >= 0.3 is 0 Å². The summed E-state index contributed by atoms with van der Waals surface area (Å²) in [5.41, 5.74) is 3.81. The molecule has 23 heavy (non-hydrogen) atoms. The van der Waals surface area contributed by atoms with Crippen molar-refractivity contribution in [1.29, 1.82) is 0 Å². The van der Waals surface area contributed by atoms with Crippen LogP contribution in [0.4, 0.5) is 11.5 Å². The number of rotatable bonds is 3. The average Bonchev–Trinajstić information content (AvgIpc) is 2.98. The third-order valence-electron chi connectivity index (χ3n) is 3.94. The van der Waals surface area contributed by atoms with E-state index in [0.717, 1.165) is 31.6 Å². The van der Waals surface area contributed by atoms with E-state index in [2.05, 4.69) is 47.3 Å². The van der Waals surface area contributed by atoms with Crippen molar-refractivity contribution in [3.63, 3.8) is 0 Å². The predicted octanol–water partition coefficient (Wildman–Crippen LogP) is 3.38. The molecular formula is C18H22N4O. The van der Waals surface area contributed by atoms with Crippen molar-refractivity contribution in [3.8, 4) is 0 Å². The SMILES string of the molecule is Cc1cc(C)cc(Nc2cc(C(=O)N3CCCC3)nc(C)n2)c1. The normalized spacial score (nSPS) is 14.1. The van der Waals surface area contributed by atoms with E-state index < -0.39 is 0 Å². The summed E-state index contributed by atoms with van der Waals surface area (Å²) in [4.78, 5) is 23.1. The molecule has 1 amide bonds. The summed E-state index contributed by atoms with van der Waals surface area (Å²) in [7, 11) is 0. The molecule has 1 saturated heterocycles. The van der Waals surface area contributed by atoms with Crippen LogP contribution in [0.15, 0.2) is 24.3 Å². The highest BCUT2D eigenvalue weighted by molar-refractivity contribution is 5.93. The molecule has 1 aliphatic rings. The minimum absolute atomic E-state index is 0.00327. The number of likely N-dealkylation sites (tertiary alicyclic amines) is 1. The zero-order valence-corrected chi connectivity index (χ0v) is 13.9. The molecular weight excluding hydrogens is 288 g/mol. The lowest BCUT2D eigenvalue weighted by Crippen LogP contribution is -2.28. The molecule has 0 bridgehead atoms. The summed E-state index contributed by atoms with van der Waals surface area (Å²) in [6.07, 6.45) is 2.15. The van der Waals surface area contributed by atoms with Crippen LogP contribution >= 0.6 is 0 Å². The van der Waals surface area contributed by atoms with E-state index in [-0.39, 0.29) is 5.91 Å². The lowest BCUT2D eigenvalue weighted by molar-refractivity contribution is 0.0786. The Morgan fingerprint density at radius 2 is 1.65 bits per heavy atom. The van der Waals surface area contributed by atoms with Gasteiger partial charge in [0, 0.05) is 24.8 Å². The Labute approximate surface area is 136 Å². The lowest BCUT2D eigenvalue weighted by atomic mass is 10.1. The number of aromatic nitrogens is 2. The maximum Gasteiger partial charge on any atom is 0.272 e. The number of benzene rings is 1. The minimum atomic E-state index is -0.00327. The number of amides is 1. The van der Waals surface area contributed by atoms with Crippen LogP contribution in [0.3, 0.4) is 0 Å². The van der Waals surface area contributed by atoms with Gasteiger partial charge in [0.05, 0.1) is 0 Å². The van der Waals surface area contributed by atoms with Crippen LogP contribution in [0.5, 0.6) is 0 Å². The first kappa shape index (κ1) is 15.5. The van der Waals surface area contributed by atoms with Crippen molar-refractivity contribution >= 4 is 17.4 Å². The molecule has 2 aromatic rings. The molecule has 0 aliphatic carbocycles. The second-order valence-corrected chi connectivity index (χ2v) is 6.19. The Hall–Kier alpha value is -2.43. The number of nitrogens with zero attached hydrogens (tertiary/aromatic N) is 3. The van der Waals surface area contributed by atoms with Gasteiger partial charge in [-0.2, -0.15) is 0 Å². The van der Waals surface area contributed by atoms with E-state index in [1.807, 2.05) is 11.8 Å². The maximum atomic E-state index is 12.5. The van der Waals surface area contributed by atoms with Crippen molar-refractivity contribution < 1.29 is 4.79 Å². The van der Waals surface area contributed by atoms with Crippen LogP contribution < -0.4 is 5.32 Å². The van der Waals surface area contributed by atoms with Gasteiger partial charge in [-0.3, -0.25) is 4.79 Å². The van der Waals surface area contributed by atoms with Gasteiger partial charge < -0.3 is 10.2 Å². The van der Waals surface area contributed by atoms with Crippen LogP contribution in [0.25, 0.3) is 0 Å². The number of carbonyl (C=O) groups is 1. The Bertz CT molecular complexity index is 716. The summed E-state index contributed by atoms with van der Waals surface area (Å²) in [6, 6.07) is 7.99. The van der Waals surface area contributed by atoms with Crippen LogP contribution in [0.2, 0.25) is 0 Å². The van der Waals surface area contributed by atoms with Gasteiger partial charge in [0.25, 0.3) is 5.91 Å². The van der Waals surface area contributed by atoms with Gasteiger partial charge in [0.15, 0.2) is 0 Å². The van der Waals surface area contributed by atoms with E-state index in [9.17, 15) is 4.79 Å². The van der Waals surface area contributed by atoms with Gasteiger partial charge in [-0.25, -0.2) is 9.97 Å². The highest BCUT2D eigenvalue weighted by atomic mass is 16.2. The van der Waals surface area contributed by atoms with Crippen LogP contribution in [-0.2, 0) is 0 Å². The van der Waals surface area contributed by atoms with Crippen molar-refractivity contribution in [3.05, 3.63) is 46.9 Å². The van der Waals surface area contributed by atoms with E-state index >= 15 is 0 Å². The summed E-state index contributed by atoms with van der Waals surface area (Å²) in [5.74, 6) is 1.25. The monoisotopic (exact) mass is 310 g/mol. The fourth-order valence-electron chi connectivity index (χ4n) is 3.02. The van der Waals surface area contributed by atoms with Crippen LogP contribution in [0, 0.1) is 20.8 Å². The molecule has 5 heteroatoms. The second kappa shape index (κ2) is 6.36. The highest BCUT2D eigenvalue weighted by Crippen LogP contribution is 2.20. The standard InChI is InChI=1S/C18H22N4O/c1-12-8-13(2)10-15(9-12)21-17-11-16(19-14(3)20-17)18(23)22-6-4-5-7-22/h8-11H,4-7H2,1-3H3,(H,19,20,21). The highest BCUT2D eigenvalue weighted by Gasteiger charge is 2.21. The fourth-order valence-corrected chi connectivity index (χ4v) is 3.02. The molecule has 3 rings (SSSR count). The number of carbonyl (C=O) groups excluding carboxylic acids is 1. The Kier molecular flexibility index (Phi) is 4.28. The summed E-state index contributed by atoms with van der Waals surface area (Å²) >= 11 is 0. The molecule has 5 nitrogen and oxygen atoms in total. The third kappa shape index (κ3) is 3.67. The van der Waals surface area contributed by atoms with Gasteiger partial charge in [-0.05, 0) is 56.9 Å². The number of anilines is 2. The predicted molar refractivity (Wildman–Crippen MR) is 91.1 cm³/mol. The Morgan fingerprint density at radius 3 is 2.30 bits per heavy atom. The maximum absolute atomic E-state index is 12.5. The van der Waals surface area contributed by atoms with Crippen molar-refractivity contribution in [2.75, 3.05) is 18.4 Å². The molecule has 0 radical (unpaired) electrons. The molecule has 0 atom stereocenters. The Balaban J connectivity index is 1.86. The molecule has 2 heterocycles. The molecule has 1 N–H and O–H groups in total. The number of hydrogen-bond donors (Lipinski definition) is 1. The number of nitrogens with one attached hydrogen (secondary N) is 1. The topological polar surface area (TPSA) is 58.1 Å². The van der Waals surface area contributed by atoms with E-state index in [1.165, 1.54) is 11.1 Å². The van der Waals surface area contributed by atoms with E-state index in [4.69, 9.17) is 0 Å². The molecule has 1 aromatic carbocycles. The van der Waals surface area contributed by atoms with Gasteiger partial charge in [-0.1, -0.05) is 6.07 Å². The lowest BCUT2D eigenvalue weighted by Gasteiger charge is -2.15. The number of hydrogen-bond acceptors (Lipinski definition) is 4. The van der Waals surface area contributed by atoms with Crippen molar-refractivity contribution in [1.82, 2.24) is 14.9 Å². The van der Waals surface area contributed by atoms with Crippen molar-refractivity contribution in [2.45, 2.75) is 33.6 Å². The molecule has 0 saturated carbocycles. The average molecular weight is 310 g/mol. The summed E-state index contributed by atoms with van der Waals surface area (Å²) < 4.78 is 0. The first-order valence-corrected chi connectivity index (χ1v) is 8.01. The zero-order valence-electron chi connectivity index (χ0n) is 13.9. The first-order chi connectivity index (χ1) is 11.0. The molecule has 0 spiro atoms. The summed E-state index contributed by atoms with van der Waals surface area (Å²) in [6.45, 7) is 7.58. The summed E-state index contributed by atoms with van der Waals surface area (Å²) in [5, 5.41) is 3.29. The Morgan fingerprint density at radius 1 is 1.00 bits per heavy atom. The number of aryl methyl sites for hydroxylation is 3. The van der Waals surface area contributed by atoms with Gasteiger partial charge in [-0.15, -0.1) is 0 Å². The molecule has 120 valence electrons. The smallest absolute Gasteiger partial charge is 0.272 e. The van der Waals surface area contributed by atoms with Gasteiger partial charge in [0.2, 0.25) is 0 Å². The molecule has 1 fully saturated rings. The van der Waals surface area contributed by atoms with E-state index in [0.29, 0.717) is 17.3 Å². The van der Waals surface area contributed by atoms with Crippen molar-refractivity contribution in [2.24, 2.45) is 0 Å². The fraction of sp³-hybridized carbons (Fsp3) is 0.389. The third-order valence-corrected chi connectivity index (χ3v) is 3.94. The zero-order chi connectivity index (χ0) is 16.4. The molecule has 1 aliphatic heterocycles. The quantitative estimate of drug-likeness (QED) is 0.944. The van der Waals surface area contributed by atoms with E-state index in [1.54, 1.807) is 6.07 Å². The molecule has 1 aromatic heterocycles. The largest absolute Gasteiger partial charge is 0.340 e. The van der Waals surface area contributed by atoms with Gasteiger partial charge in [0.1, 0.15) is 17.3 Å². The molecule has 0 unspecified atom stereocenters.